The lowest BCUT2D eigenvalue weighted by Crippen LogP contribution is -2.18. The fourth-order valence-electron chi connectivity index (χ4n) is 2.37. The van der Waals surface area contributed by atoms with E-state index in [0.29, 0.717) is 5.92 Å². The second kappa shape index (κ2) is 6.99. The van der Waals surface area contributed by atoms with Gasteiger partial charge in [-0.25, -0.2) is 8.78 Å². The largest absolute Gasteiger partial charge is 0.319 e. The Morgan fingerprint density at radius 2 is 1.74 bits per heavy atom. The first-order valence-electron chi connectivity index (χ1n) is 7.03. The molecule has 1 rings (SSSR count). The Bertz CT molecular complexity index is 371. The van der Waals surface area contributed by atoms with Crippen molar-refractivity contribution in [2.45, 2.75) is 45.5 Å². The summed E-state index contributed by atoms with van der Waals surface area (Å²) in [5.74, 6) is -2.35. The van der Waals surface area contributed by atoms with E-state index in [-0.39, 0.29) is 17.9 Å². The molecule has 1 unspecified atom stereocenters. The summed E-state index contributed by atoms with van der Waals surface area (Å²) in [6.45, 7) is 6.63. The summed E-state index contributed by atoms with van der Waals surface area (Å²) in [7, 11) is 1.91. The van der Waals surface area contributed by atoms with E-state index in [9.17, 15) is 8.78 Å². The zero-order valence-corrected chi connectivity index (χ0v) is 12.3. The van der Waals surface area contributed by atoms with Crippen molar-refractivity contribution in [1.82, 2.24) is 5.32 Å². The Morgan fingerprint density at radius 3 is 2.16 bits per heavy atom. The van der Waals surface area contributed by atoms with Crippen LogP contribution in [0.1, 0.15) is 50.7 Å². The van der Waals surface area contributed by atoms with Crippen molar-refractivity contribution < 1.29 is 8.78 Å². The van der Waals surface area contributed by atoms with Crippen LogP contribution in [0.5, 0.6) is 0 Å². The van der Waals surface area contributed by atoms with Crippen LogP contribution in [0.4, 0.5) is 8.78 Å². The summed E-state index contributed by atoms with van der Waals surface area (Å²) < 4.78 is 27.9. The highest BCUT2D eigenvalue weighted by atomic mass is 19.3. The van der Waals surface area contributed by atoms with Crippen molar-refractivity contribution in [3.8, 4) is 0 Å². The predicted octanol–water partition coefficient (Wildman–Crippen LogP) is 4.54. The van der Waals surface area contributed by atoms with E-state index >= 15 is 0 Å². The molecule has 0 aliphatic carbocycles. The lowest BCUT2D eigenvalue weighted by molar-refractivity contribution is -0.0249. The van der Waals surface area contributed by atoms with E-state index in [1.807, 2.05) is 33.0 Å². The monoisotopic (exact) mass is 269 g/mol. The highest BCUT2D eigenvalue weighted by Crippen LogP contribution is 2.35. The molecule has 0 heterocycles. The minimum Gasteiger partial charge on any atom is -0.319 e. The number of benzene rings is 1. The van der Waals surface area contributed by atoms with Crippen molar-refractivity contribution in [3.05, 3.63) is 35.4 Å². The maximum absolute atomic E-state index is 14.0. The lowest BCUT2D eigenvalue weighted by atomic mass is 9.93. The number of likely N-dealkylation sites (N-methyl/N-ethyl adjacent to an activating group) is 1. The molecule has 0 fully saturated rings. The minimum absolute atomic E-state index is 0.0117. The fourth-order valence-corrected chi connectivity index (χ4v) is 2.37. The SMILES string of the molecule is CCC(CNC)c1ccc(C(F)(F)CC(C)C)cc1. The molecule has 0 spiro atoms. The third kappa shape index (κ3) is 4.57. The van der Waals surface area contributed by atoms with Gasteiger partial charge in [-0.15, -0.1) is 0 Å². The molecule has 1 aromatic carbocycles. The van der Waals surface area contributed by atoms with Crippen LogP contribution in [0, 0.1) is 5.92 Å². The molecule has 0 saturated heterocycles. The number of hydrogen-bond acceptors (Lipinski definition) is 1. The zero-order chi connectivity index (χ0) is 14.5. The Hall–Kier alpha value is -0.960. The molecule has 0 saturated carbocycles. The summed E-state index contributed by atoms with van der Waals surface area (Å²) in [5.41, 5.74) is 1.25. The van der Waals surface area contributed by atoms with Crippen molar-refractivity contribution in [3.63, 3.8) is 0 Å². The molecule has 1 aromatic rings. The number of rotatable bonds is 7. The van der Waals surface area contributed by atoms with Crippen LogP contribution in [0.2, 0.25) is 0 Å². The summed E-state index contributed by atoms with van der Waals surface area (Å²) in [6.07, 6.45) is 0.905. The Labute approximate surface area is 115 Å². The van der Waals surface area contributed by atoms with Gasteiger partial charge in [-0.1, -0.05) is 45.0 Å². The molecule has 0 aliphatic heterocycles. The second-order valence-corrected chi connectivity index (χ2v) is 5.59. The van der Waals surface area contributed by atoms with E-state index in [2.05, 4.69) is 12.2 Å². The molecule has 108 valence electrons. The first-order valence-corrected chi connectivity index (χ1v) is 7.03. The van der Waals surface area contributed by atoms with E-state index in [4.69, 9.17) is 0 Å². The van der Waals surface area contributed by atoms with Gasteiger partial charge in [0.2, 0.25) is 0 Å². The van der Waals surface area contributed by atoms with Crippen LogP contribution in [0.3, 0.4) is 0 Å². The average Bonchev–Trinajstić information content (AvgIpc) is 2.34. The summed E-state index contributed by atoms with van der Waals surface area (Å²) in [6, 6.07) is 6.84. The fraction of sp³-hybridized carbons (Fsp3) is 0.625. The highest BCUT2D eigenvalue weighted by molar-refractivity contribution is 5.28. The molecule has 0 aromatic heterocycles. The molecular formula is C16H25F2N. The maximum Gasteiger partial charge on any atom is 0.273 e. The van der Waals surface area contributed by atoms with Gasteiger partial charge in [0.15, 0.2) is 0 Å². The Kier molecular flexibility index (Phi) is 5.92. The van der Waals surface area contributed by atoms with Crippen molar-refractivity contribution in [2.24, 2.45) is 5.92 Å². The predicted molar refractivity (Wildman–Crippen MR) is 76.7 cm³/mol. The van der Waals surface area contributed by atoms with Gasteiger partial charge in [0.1, 0.15) is 0 Å². The van der Waals surface area contributed by atoms with Gasteiger partial charge in [0.25, 0.3) is 5.92 Å². The summed E-state index contributed by atoms with van der Waals surface area (Å²) >= 11 is 0. The second-order valence-electron chi connectivity index (χ2n) is 5.59. The van der Waals surface area contributed by atoms with Gasteiger partial charge in [-0.05, 0) is 30.9 Å². The van der Waals surface area contributed by atoms with Crippen molar-refractivity contribution in [2.75, 3.05) is 13.6 Å². The van der Waals surface area contributed by atoms with Crippen LogP contribution in [0.15, 0.2) is 24.3 Å². The zero-order valence-electron chi connectivity index (χ0n) is 12.3. The summed E-state index contributed by atoms with van der Waals surface area (Å²) in [4.78, 5) is 0. The van der Waals surface area contributed by atoms with Crippen LogP contribution < -0.4 is 5.32 Å². The van der Waals surface area contributed by atoms with Gasteiger partial charge in [-0.2, -0.15) is 0 Å². The molecule has 0 radical (unpaired) electrons. The normalized spacial score (nSPS) is 13.8. The lowest BCUT2D eigenvalue weighted by Gasteiger charge is -2.20. The average molecular weight is 269 g/mol. The summed E-state index contributed by atoms with van der Waals surface area (Å²) in [5, 5.41) is 3.14. The van der Waals surface area contributed by atoms with Gasteiger partial charge >= 0.3 is 0 Å². The van der Waals surface area contributed by atoms with Crippen LogP contribution >= 0.6 is 0 Å². The highest BCUT2D eigenvalue weighted by Gasteiger charge is 2.32. The maximum atomic E-state index is 14.0. The number of hydrogen-bond donors (Lipinski definition) is 1. The van der Waals surface area contributed by atoms with Crippen LogP contribution in [-0.2, 0) is 5.92 Å². The smallest absolute Gasteiger partial charge is 0.273 e. The van der Waals surface area contributed by atoms with Gasteiger partial charge in [0, 0.05) is 18.5 Å². The Morgan fingerprint density at radius 1 is 1.16 bits per heavy atom. The van der Waals surface area contributed by atoms with E-state index in [0.717, 1.165) is 18.5 Å². The molecule has 0 amide bonds. The Balaban J connectivity index is 2.86. The molecule has 19 heavy (non-hydrogen) atoms. The minimum atomic E-state index is -2.72. The first kappa shape index (κ1) is 16.1. The van der Waals surface area contributed by atoms with Crippen molar-refractivity contribution >= 4 is 0 Å². The van der Waals surface area contributed by atoms with E-state index in [1.165, 1.54) is 0 Å². The molecule has 0 aliphatic rings. The molecule has 1 N–H and O–H groups in total. The topological polar surface area (TPSA) is 12.0 Å². The van der Waals surface area contributed by atoms with Gasteiger partial charge in [-0.3, -0.25) is 0 Å². The van der Waals surface area contributed by atoms with Crippen LogP contribution in [0.25, 0.3) is 0 Å². The molecule has 3 heteroatoms. The van der Waals surface area contributed by atoms with Crippen LogP contribution in [-0.4, -0.2) is 13.6 Å². The number of halogens is 2. The van der Waals surface area contributed by atoms with E-state index in [1.54, 1.807) is 12.1 Å². The van der Waals surface area contributed by atoms with E-state index < -0.39 is 5.92 Å². The molecule has 0 bridgehead atoms. The van der Waals surface area contributed by atoms with Crippen molar-refractivity contribution in [1.29, 1.82) is 0 Å². The molecule has 1 nitrogen and oxygen atoms in total. The molecule has 1 atom stereocenters. The van der Waals surface area contributed by atoms with Gasteiger partial charge < -0.3 is 5.32 Å². The number of nitrogens with one attached hydrogen (secondary N) is 1. The third-order valence-electron chi connectivity index (χ3n) is 3.41. The quantitative estimate of drug-likeness (QED) is 0.766. The van der Waals surface area contributed by atoms with Gasteiger partial charge in [0.05, 0.1) is 0 Å². The standard InChI is InChI=1S/C16H25F2N/c1-5-13(11-19-4)14-6-8-15(9-7-14)16(17,18)10-12(2)3/h6-9,12-13,19H,5,10-11H2,1-4H3. The first-order chi connectivity index (χ1) is 8.90. The third-order valence-corrected chi connectivity index (χ3v) is 3.41. The number of alkyl halides is 2. The molecular weight excluding hydrogens is 244 g/mol.